The fraction of sp³-hybridized carbons (Fsp3) is 0.417. The number of carbonyl (C=O) groups excluding carboxylic acids is 1. The van der Waals surface area contributed by atoms with Gasteiger partial charge in [0, 0.05) is 18.0 Å². The number of carbonyl (C=O) groups is 1. The van der Waals surface area contributed by atoms with Crippen molar-refractivity contribution in [3.05, 3.63) is 23.2 Å². The van der Waals surface area contributed by atoms with Crippen LogP contribution in [0.3, 0.4) is 0 Å². The van der Waals surface area contributed by atoms with Crippen LogP contribution in [-0.2, 0) is 19.6 Å². The second-order valence-electron chi connectivity index (χ2n) is 3.99. The molecule has 0 bridgehead atoms. The van der Waals surface area contributed by atoms with E-state index in [2.05, 4.69) is 4.72 Å². The van der Waals surface area contributed by atoms with Crippen molar-refractivity contribution in [1.82, 2.24) is 4.72 Å². The molecule has 0 radical (unpaired) electrons. The molecule has 0 unspecified atom stereocenters. The molecule has 1 rings (SSSR count). The number of sulfonamides is 1. The molecule has 3 N–H and O–H groups in total. The third kappa shape index (κ3) is 4.99. The van der Waals surface area contributed by atoms with E-state index in [4.69, 9.17) is 22.1 Å². The summed E-state index contributed by atoms with van der Waals surface area (Å²) in [6, 6.07) is 4.22. The molecule has 0 aromatic heterocycles. The molecular formula is C12H17ClN2O4S. The van der Waals surface area contributed by atoms with Crippen LogP contribution in [0.2, 0.25) is 5.02 Å². The first-order chi connectivity index (χ1) is 9.36. The summed E-state index contributed by atoms with van der Waals surface area (Å²) in [5.41, 5.74) is 5.73. The van der Waals surface area contributed by atoms with Gasteiger partial charge in [0.1, 0.15) is 4.90 Å². The van der Waals surface area contributed by atoms with E-state index in [0.29, 0.717) is 13.0 Å². The zero-order chi connectivity index (χ0) is 15.2. The maximum Gasteiger partial charge on any atom is 0.305 e. The highest BCUT2D eigenvalue weighted by atomic mass is 35.5. The molecular weight excluding hydrogens is 304 g/mol. The van der Waals surface area contributed by atoms with Gasteiger partial charge >= 0.3 is 5.97 Å². The summed E-state index contributed by atoms with van der Waals surface area (Å²) in [6.45, 7) is 2.14. The zero-order valence-electron chi connectivity index (χ0n) is 11.1. The molecule has 0 fully saturated rings. The predicted molar refractivity (Wildman–Crippen MR) is 76.9 cm³/mol. The number of nitrogens with one attached hydrogen (secondary N) is 1. The first-order valence-electron chi connectivity index (χ1n) is 6.07. The van der Waals surface area contributed by atoms with E-state index in [-0.39, 0.29) is 34.5 Å². The van der Waals surface area contributed by atoms with Crippen LogP contribution in [0.25, 0.3) is 0 Å². The van der Waals surface area contributed by atoms with Crippen molar-refractivity contribution < 1.29 is 17.9 Å². The Hall–Kier alpha value is -1.31. The van der Waals surface area contributed by atoms with Crippen molar-refractivity contribution in [2.75, 3.05) is 18.9 Å². The quantitative estimate of drug-likeness (QED) is 0.451. The number of rotatable bonds is 7. The van der Waals surface area contributed by atoms with E-state index < -0.39 is 10.0 Å². The van der Waals surface area contributed by atoms with Gasteiger partial charge in [-0.3, -0.25) is 4.79 Å². The molecule has 0 aliphatic heterocycles. The van der Waals surface area contributed by atoms with E-state index >= 15 is 0 Å². The third-order valence-electron chi connectivity index (χ3n) is 2.42. The first-order valence-corrected chi connectivity index (χ1v) is 7.93. The fourth-order valence-corrected chi connectivity index (χ4v) is 2.96. The van der Waals surface area contributed by atoms with Crippen molar-refractivity contribution >= 4 is 33.3 Å². The van der Waals surface area contributed by atoms with E-state index in [0.717, 1.165) is 0 Å². The Kier molecular flexibility index (Phi) is 6.25. The smallest absolute Gasteiger partial charge is 0.305 e. The average molecular weight is 321 g/mol. The third-order valence-corrected chi connectivity index (χ3v) is 4.17. The molecule has 0 aliphatic rings. The Labute approximate surface area is 123 Å². The lowest BCUT2D eigenvalue weighted by atomic mass is 10.3. The number of anilines is 1. The Bertz CT molecular complexity index is 575. The highest BCUT2D eigenvalue weighted by molar-refractivity contribution is 7.89. The Balaban J connectivity index is 2.58. The maximum atomic E-state index is 12.0. The number of esters is 1. The van der Waals surface area contributed by atoms with Gasteiger partial charge < -0.3 is 10.5 Å². The molecule has 0 amide bonds. The van der Waals surface area contributed by atoms with Gasteiger partial charge in [-0.05, 0) is 31.5 Å². The molecule has 112 valence electrons. The number of benzene rings is 1. The lowest BCUT2D eigenvalue weighted by molar-refractivity contribution is -0.143. The van der Waals surface area contributed by atoms with Crippen LogP contribution in [0.4, 0.5) is 5.69 Å². The van der Waals surface area contributed by atoms with Crippen LogP contribution in [0.15, 0.2) is 23.1 Å². The van der Waals surface area contributed by atoms with Crippen LogP contribution in [0.1, 0.15) is 19.8 Å². The second kappa shape index (κ2) is 7.47. The lowest BCUT2D eigenvalue weighted by Crippen LogP contribution is -2.26. The van der Waals surface area contributed by atoms with Crippen LogP contribution in [0, 0.1) is 0 Å². The standard InChI is InChI=1S/C12H17ClN2O4S/c1-2-19-12(16)4-3-7-15-20(17,18)11-8-9(13)5-6-10(11)14/h5-6,8,15H,2-4,7,14H2,1H3. The summed E-state index contributed by atoms with van der Waals surface area (Å²) < 4.78 is 31.1. The number of hydrogen-bond acceptors (Lipinski definition) is 5. The largest absolute Gasteiger partial charge is 0.466 e. The lowest BCUT2D eigenvalue weighted by Gasteiger charge is -2.09. The molecule has 1 aromatic rings. The van der Waals surface area contributed by atoms with Crippen LogP contribution < -0.4 is 10.5 Å². The molecule has 0 aliphatic carbocycles. The van der Waals surface area contributed by atoms with E-state index in [1.165, 1.54) is 18.2 Å². The van der Waals surface area contributed by atoms with Crippen LogP contribution >= 0.6 is 11.6 Å². The minimum atomic E-state index is -3.74. The molecule has 0 saturated carbocycles. The Morgan fingerprint density at radius 2 is 2.15 bits per heavy atom. The molecule has 0 atom stereocenters. The predicted octanol–water partition coefficient (Wildman–Crippen LogP) is 1.54. The number of halogens is 1. The fourth-order valence-electron chi connectivity index (χ4n) is 1.49. The van der Waals surface area contributed by atoms with Crippen molar-refractivity contribution in [3.8, 4) is 0 Å². The Morgan fingerprint density at radius 1 is 1.45 bits per heavy atom. The zero-order valence-corrected chi connectivity index (χ0v) is 12.6. The SMILES string of the molecule is CCOC(=O)CCCNS(=O)(=O)c1cc(Cl)ccc1N. The van der Waals surface area contributed by atoms with Crippen molar-refractivity contribution in [2.24, 2.45) is 0 Å². The minimum Gasteiger partial charge on any atom is -0.466 e. The summed E-state index contributed by atoms with van der Waals surface area (Å²) >= 11 is 5.75. The van der Waals surface area contributed by atoms with Gasteiger partial charge in [0.2, 0.25) is 10.0 Å². The van der Waals surface area contributed by atoms with Gasteiger partial charge in [0.25, 0.3) is 0 Å². The maximum absolute atomic E-state index is 12.0. The molecule has 0 saturated heterocycles. The monoisotopic (exact) mass is 320 g/mol. The highest BCUT2D eigenvalue weighted by Crippen LogP contribution is 2.22. The molecule has 8 heteroatoms. The topological polar surface area (TPSA) is 98.5 Å². The minimum absolute atomic E-state index is 0.0684. The van der Waals surface area contributed by atoms with Gasteiger partial charge in [-0.1, -0.05) is 11.6 Å². The van der Waals surface area contributed by atoms with Crippen LogP contribution in [-0.4, -0.2) is 27.5 Å². The van der Waals surface area contributed by atoms with Gasteiger partial charge in [0.05, 0.1) is 12.3 Å². The van der Waals surface area contributed by atoms with E-state index in [1.54, 1.807) is 6.92 Å². The second-order valence-corrected chi connectivity index (χ2v) is 6.16. The summed E-state index contributed by atoms with van der Waals surface area (Å²) in [7, 11) is -3.74. The highest BCUT2D eigenvalue weighted by Gasteiger charge is 2.17. The summed E-state index contributed by atoms with van der Waals surface area (Å²) in [5.74, 6) is -0.353. The van der Waals surface area contributed by atoms with E-state index in [9.17, 15) is 13.2 Å². The van der Waals surface area contributed by atoms with Crippen molar-refractivity contribution in [1.29, 1.82) is 0 Å². The van der Waals surface area contributed by atoms with Gasteiger partial charge in [0.15, 0.2) is 0 Å². The number of nitrogens with two attached hydrogens (primary N) is 1. The van der Waals surface area contributed by atoms with Crippen molar-refractivity contribution in [3.63, 3.8) is 0 Å². The normalized spacial score (nSPS) is 11.3. The number of hydrogen-bond donors (Lipinski definition) is 2. The molecule has 0 heterocycles. The summed E-state index contributed by atoms with van der Waals surface area (Å²) in [4.78, 5) is 11.0. The van der Waals surface area contributed by atoms with E-state index in [1.807, 2.05) is 0 Å². The first kappa shape index (κ1) is 16.7. The summed E-state index contributed by atoms with van der Waals surface area (Å²) in [5, 5.41) is 0.283. The van der Waals surface area contributed by atoms with Gasteiger partial charge in [-0.2, -0.15) is 0 Å². The van der Waals surface area contributed by atoms with Gasteiger partial charge in [-0.15, -0.1) is 0 Å². The summed E-state index contributed by atoms with van der Waals surface area (Å²) in [6.07, 6.45) is 0.500. The van der Waals surface area contributed by atoms with Crippen LogP contribution in [0.5, 0.6) is 0 Å². The van der Waals surface area contributed by atoms with Gasteiger partial charge in [-0.25, -0.2) is 13.1 Å². The molecule has 6 nitrogen and oxygen atoms in total. The Morgan fingerprint density at radius 3 is 2.80 bits per heavy atom. The molecule has 20 heavy (non-hydrogen) atoms. The number of nitrogen functional groups attached to an aromatic ring is 1. The van der Waals surface area contributed by atoms with Crippen molar-refractivity contribution in [2.45, 2.75) is 24.7 Å². The average Bonchev–Trinajstić information content (AvgIpc) is 2.38. The number of ether oxygens (including phenoxy) is 1. The molecule has 0 spiro atoms. The molecule has 1 aromatic carbocycles.